The number of carbonyl (C=O) groups excluding carboxylic acids is 1. The summed E-state index contributed by atoms with van der Waals surface area (Å²) in [6, 6.07) is 0. The minimum atomic E-state index is -0.814. The van der Waals surface area contributed by atoms with Crippen molar-refractivity contribution in [2.75, 3.05) is 0 Å². The molecule has 0 aliphatic heterocycles. The zero-order valence-corrected chi connectivity index (χ0v) is 10.7. The van der Waals surface area contributed by atoms with Gasteiger partial charge in [-0.1, -0.05) is 13.3 Å². The van der Waals surface area contributed by atoms with Crippen LogP contribution >= 0.6 is 0 Å². The third-order valence-electron chi connectivity index (χ3n) is 2.73. The highest BCUT2D eigenvalue weighted by Gasteiger charge is 2.26. The van der Waals surface area contributed by atoms with Crippen molar-refractivity contribution in [1.29, 1.82) is 0 Å². The lowest BCUT2D eigenvalue weighted by Crippen LogP contribution is -2.51. The molecule has 0 saturated heterocycles. The molecule has 0 fully saturated rings. The summed E-state index contributed by atoms with van der Waals surface area (Å²) in [4.78, 5) is 11.9. The van der Waals surface area contributed by atoms with Gasteiger partial charge in [0.25, 0.3) is 0 Å². The molecule has 0 aliphatic rings. The first-order valence-electron chi connectivity index (χ1n) is 5.95. The second-order valence-electron chi connectivity index (χ2n) is 4.38. The Morgan fingerprint density at radius 2 is 2.29 bits per heavy atom. The van der Waals surface area contributed by atoms with E-state index in [0.717, 1.165) is 18.8 Å². The number of nitrogens with zero attached hydrogens (tertiary/aromatic N) is 3. The SMILES string of the molecule is CCCC(C)(N)C(=O)NCc1nncn1CC. The van der Waals surface area contributed by atoms with E-state index in [1.807, 2.05) is 18.4 Å². The number of aromatic nitrogens is 3. The third kappa shape index (κ3) is 3.52. The van der Waals surface area contributed by atoms with Crippen molar-refractivity contribution in [3.05, 3.63) is 12.2 Å². The topological polar surface area (TPSA) is 85.8 Å². The van der Waals surface area contributed by atoms with E-state index in [9.17, 15) is 4.79 Å². The van der Waals surface area contributed by atoms with Crippen LogP contribution in [0.3, 0.4) is 0 Å². The number of amides is 1. The van der Waals surface area contributed by atoms with Gasteiger partial charge in [-0.25, -0.2) is 0 Å². The Morgan fingerprint density at radius 1 is 1.59 bits per heavy atom. The molecule has 1 aromatic rings. The van der Waals surface area contributed by atoms with Gasteiger partial charge < -0.3 is 15.6 Å². The molecule has 96 valence electrons. The van der Waals surface area contributed by atoms with Crippen molar-refractivity contribution in [2.24, 2.45) is 5.73 Å². The summed E-state index contributed by atoms with van der Waals surface area (Å²) >= 11 is 0. The first kappa shape index (κ1) is 13.6. The van der Waals surface area contributed by atoms with Crippen LogP contribution in [0.4, 0.5) is 0 Å². The molecule has 0 bridgehead atoms. The molecule has 0 radical (unpaired) electrons. The normalized spacial score (nSPS) is 14.4. The first-order chi connectivity index (χ1) is 8.01. The lowest BCUT2D eigenvalue weighted by molar-refractivity contribution is -0.126. The van der Waals surface area contributed by atoms with E-state index in [1.165, 1.54) is 0 Å². The Morgan fingerprint density at radius 3 is 2.88 bits per heavy atom. The predicted octanol–water partition coefficient (Wildman–Crippen LogP) is 0.432. The minimum Gasteiger partial charge on any atom is -0.347 e. The molecule has 0 saturated carbocycles. The highest BCUT2D eigenvalue weighted by Crippen LogP contribution is 2.08. The molecule has 0 aliphatic carbocycles. The maximum Gasteiger partial charge on any atom is 0.240 e. The Bertz CT molecular complexity index is 372. The number of nitrogens with two attached hydrogens (primary N) is 1. The van der Waals surface area contributed by atoms with Crippen molar-refractivity contribution in [3.63, 3.8) is 0 Å². The van der Waals surface area contributed by atoms with Gasteiger partial charge in [0.15, 0.2) is 5.82 Å². The molecule has 6 heteroatoms. The molecular weight excluding hydrogens is 218 g/mol. The Labute approximate surface area is 102 Å². The smallest absolute Gasteiger partial charge is 0.240 e. The van der Waals surface area contributed by atoms with Gasteiger partial charge in [-0.05, 0) is 20.3 Å². The molecule has 6 nitrogen and oxygen atoms in total. The monoisotopic (exact) mass is 239 g/mol. The maximum atomic E-state index is 11.9. The van der Waals surface area contributed by atoms with Crippen LogP contribution in [0.2, 0.25) is 0 Å². The second-order valence-corrected chi connectivity index (χ2v) is 4.38. The second kappa shape index (κ2) is 5.77. The van der Waals surface area contributed by atoms with E-state index in [2.05, 4.69) is 15.5 Å². The molecule has 3 N–H and O–H groups in total. The van der Waals surface area contributed by atoms with Crippen molar-refractivity contribution in [2.45, 2.75) is 52.2 Å². The van der Waals surface area contributed by atoms with E-state index in [1.54, 1.807) is 13.3 Å². The number of hydrogen-bond donors (Lipinski definition) is 2. The summed E-state index contributed by atoms with van der Waals surface area (Å²) in [5.74, 6) is 0.596. The van der Waals surface area contributed by atoms with Gasteiger partial charge in [0.2, 0.25) is 5.91 Å². The first-order valence-corrected chi connectivity index (χ1v) is 5.95. The molecule has 0 spiro atoms. The van der Waals surface area contributed by atoms with Crippen LogP contribution in [-0.4, -0.2) is 26.2 Å². The molecule has 0 aromatic carbocycles. The fraction of sp³-hybridized carbons (Fsp3) is 0.727. The summed E-state index contributed by atoms with van der Waals surface area (Å²) in [5, 5.41) is 10.5. The van der Waals surface area contributed by atoms with Gasteiger partial charge in [0.1, 0.15) is 6.33 Å². The van der Waals surface area contributed by atoms with Gasteiger partial charge in [0.05, 0.1) is 12.1 Å². The van der Waals surface area contributed by atoms with E-state index in [-0.39, 0.29) is 5.91 Å². The fourth-order valence-electron chi connectivity index (χ4n) is 1.67. The van der Waals surface area contributed by atoms with Gasteiger partial charge in [-0.15, -0.1) is 10.2 Å². The Balaban J connectivity index is 2.54. The van der Waals surface area contributed by atoms with Crippen molar-refractivity contribution < 1.29 is 4.79 Å². The van der Waals surface area contributed by atoms with Crippen LogP contribution < -0.4 is 11.1 Å². The molecule has 1 rings (SSSR count). The van der Waals surface area contributed by atoms with Gasteiger partial charge in [-0.2, -0.15) is 0 Å². The Hall–Kier alpha value is -1.43. The number of rotatable bonds is 6. The summed E-state index contributed by atoms with van der Waals surface area (Å²) in [6.45, 7) is 6.90. The zero-order chi connectivity index (χ0) is 12.9. The van der Waals surface area contributed by atoms with Crippen LogP contribution in [0.15, 0.2) is 6.33 Å². The van der Waals surface area contributed by atoms with Gasteiger partial charge in [-0.3, -0.25) is 4.79 Å². The quantitative estimate of drug-likeness (QED) is 0.754. The van der Waals surface area contributed by atoms with Gasteiger partial charge in [0, 0.05) is 6.54 Å². The van der Waals surface area contributed by atoms with Crippen molar-refractivity contribution in [3.8, 4) is 0 Å². The van der Waals surface area contributed by atoms with Crippen LogP contribution in [0.25, 0.3) is 0 Å². The lowest BCUT2D eigenvalue weighted by Gasteiger charge is -2.22. The molecule has 1 aromatic heterocycles. The fourth-order valence-corrected chi connectivity index (χ4v) is 1.67. The van der Waals surface area contributed by atoms with Crippen molar-refractivity contribution >= 4 is 5.91 Å². The molecule has 1 atom stereocenters. The molecule has 1 amide bonds. The molecular formula is C11H21N5O. The number of aryl methyl sites for hydroxylation is 1. The van der Waals surface area contributed by atoms with Crippen LogP contribution in [0, 0.1) is 0 Å². The highest BCUT2D eigenvalue weighted by atomic mass is 16.2. The summed E-state index contributed by atoms with van der Waals surface area (Å²) < 4.78 is 1.88. The average molecular weight is 239 g/mol. The lowest BCUT2D eigenvalue weighted by atomic mass is 9.96. The van der Waals surface area contributed by atoms with E-state index in [0.29, 0.717) is 13.0 Å². The third-order valence-corrected chi connectivity index (χ3v) is 2.73. The number of carbonyl (C=O) groups is 1. The average Bonchev–Trinajstić information content (AvgIpc) is 2.72. The van der Waals surface area contributed by atoms with Crippen LogP contribution in [-0.2, 0) is 17.9 Å². The van der Waals surface area contributed by atoms with E-state index < -0.39 is 5.54 Å². The zero-order valence-electron chi connectivity index (χ0n) is 10.7. The summed E-state index contributed by atoms with van der Waals surface area (Å²) in [7, 11) is 0. The Kier molecular flexibility index (Phi) is 4.62. The number of nitrogens with one attached hydrogen (secondary N) is 1. The van der Waals surface area contributed by atoms with E-state index >= 15 is 0 Å². The standard InChI is InChI=1S/C11H21N5O/c1-4-6-11(3,12)10(17)13-7-9-15-14-8-16(9)5-2/h8H,4-7,12H2,1-3H3,(H,13,17). The van der Waals surface area contributed by atoms with Crippen LogP contribution in [0.5, 0.6) is 0 Å². The van der Waals surface area contributed by atoms with Gasteiger partial charge >= 0.3 is 0 Å². The molecule has 1 heterocycles. The van der Waals surface area contributed by atoms with Crippen LogP contribution in [0.1, 0.15) is 39.4 Å². The van der Waals surface area contributed by atoms with Crippen molar-refractivity contribution in [1.82, 2.24) is 20.1 Å². The minimum absolute atomic E-state index is 0.148. The largest absolute Gasteiger partial charge is 0.347 e. The molecule has 1 unspecified atom stereocenters. The summed E-state index contributed by atoms with van der Waals surface area (Å²) in [6.07, 6.45) is 3.19. The maximum absolute atomic E-state index is 11.9. The number of hydrogen-bond acceptors (Lipinski definition) is 4. The highest BCUT2D eigenvalue weighted by molar-refractivity contribution is 5.85. The molecule has 17 heavy (non-hydrogen) atoms. The van der Waals surface area contributed by atoms with E-state index in [4.69, 9.17) is 5.73 Å². The summed E-state index contributed by atoms with van der Waals surface area (Å²) in [5.41, 5.74) is 5.11. The predicted molar refractivity (Wildman–Crippen MR) is 65.0 cm³/mol.